The zero-order valence-electron chi connectivity index (χ0n) is 17.7. The third-order valence-electron chi connectivity index (χ3n) is 5.31. The summed E-state index contributed by atoms with van der Waals surface area (Å²) in [6, 6.07) is 10.6. The third kappa shape index (κ3) is 5.93. The summed E-state index contributed by atoms with van der Waals surface area (Å²) in [6.45, 7) is 12.0. The molecule has 0 spiro atoms. The van der Waals surface area contributed by atoms with Crippen LogP contribution in [0.4, 0.5) is 0 Å². The van der Waals surface area contributed by atoms with Crippen LogP contribution in [0.5, 0.6) is 0 Å². The molecule has 2 amide bonds. The second kappa shape index (κ2) is 9.37. The molecule has 5 heteroatoms. The molecule has 154 valence electrons. The second-order valence-corrected chi connectivity index (χ2v) is 8.92. The molecule has 3 N–H and O–H groups in total. The van der Waals surface area contributed by atoms with Gasteiger partial charge < -0.3 is 16.0 Å². The van der Waals surface area contributed by atoms with E-state index in [1.165, 1.54) is 12.5 Å². The Bertz CT molecular complexity index is 675. The zero-order chi connectivity index (χ0) is 20.8. The van der Waals surface area contributed by atoms with Gasteiger partial charge in [0.15, 0.2) is 0 Å². The first-order chi connectivity index (χ1) is 13.2. The highest BCUT2D eigenvalue weighted by molar-refractivity contribution is 5.92. The molecule has 0 bridgehead atoms. The third-order valence-corrected chi connectivity index (χ3v) is 5.31. The lowest BCUT2D eigenvalue weighted by Gasteiger charge is -2.49. The Morgan fingerprint density at radius 1 is 1.14 bits per heavy atom. The number of rotatable bonds is 9. The highest BCUT2D eigenvalue weighted by Gasteiger charge is 2.51. The van der Waals surface area contributed by atoms with Gasteiger partial charge in [-0.15, -0.1) is 6.58 Å². The number of carbonyl (C=O) groups excluding carboxylic acids is 2. The van der Waals surface area contributed by atoms with Crippen LogP contribution in [0, 0.1) is 5.92 Å². The summed E-state index contributed by atoms with van der Waals surface area (Å²) in [5.74, 6) is -0.163. The van der Waals surface area contributed by atoms with E-state index in [-0.39, 0.29) is 23.3 Å². The van der Waals surface area contributed by atoms with Gasteiger partial charge in [-0.3, -0.25) is 9.59 Å². The van der Waals surface area contributed by atoms with Gasteiger partial charge in [-0.1, -0.05) is 36.4 Å². The Balaban J connectivity index is 2.09. The molecule has 1 unspecified atom stereocenters. The first kappa shape index (κ1) is 22.2. The summed E-state index contributed by atoms with van der Waals surface area (Å²) >= 11 is 0. The van der Waals surface area contributed by atoms with Gasteiger partial charge in [0.2, 0.25) is 11.8 Å². The fraction of sp³-hybridized carbons (Fsp3) is 0.565. The Morgan fingerprint density at radius 3 is 2.32 bits per heavy atom. The second-order valence-electron chi connectivity index (χ2n) is 8.92. The number of benzene rings is 1. The summed E-state index contributed by atoms with van der Waals surface area (Å²) < 4.78 is 0. The molecule has 5 nitrogen and oxygen atoms in total. The topological polar surface area (TPSA) is 70.2 Å². The molecule has 0 heterocycles. The SMILES string of the molecule is C=CCCC(NC(C)=O)(C(=O)NC(C)(C)C)C1CC(NCc2ccccc2)C1. The molecule has 1 aromatic rings. The van der Waals surface area contributed by atoms with Crippen molar-refractivity contribution < 1.29 is 9.59 Å². The van der Waals surface area contributed by atoms with Gasteiger partial charge in [-0.2, -0.15) is 0 Å². The Labute approximate surface area is 169 Å². The van der Waals surface area contributed by atoms with Crippen molar-refractivity contribution in [3.05, 3.63) is 48.6 Å². The first-order valence-electron chi connectivity index (χ1n) is 10.2. The van der Waals surface area contributed by atoms with Crippen LogP contribution in [0.15, 0.2) is 43.0 Å². The first-order valence-corrected chi connectivity index (χ1v) is 10.2. The summed E-state index contributed by atoms with van der Waals surface area (Å²) in [4.78, 5) is 25.3. The molecule has 28 heavy (non-hydrogen) atoms. The molecule has 1 fully saturated rings. The maximum absolute atomic E-state index is 13.3. The van der Waals surface area contributed by atoms with E-state index >= 15 is 0 Å². The molecule has 1 saturated carbocycles. The summed E-state index contributed by atoms with van der Waals surface area (Å²) in [5, 5.41) is 9.68. The van der Waals surface area contributed by atoms with Crippen molar-refractivity contribution in [3.63, 3.8) is 0 Å². The lowest BCUT2D eigenvalue weighted by molar-refractivity contribution is -0.139. The largest absolute Gasteiger partial charge is 0.349 e. The van der Waals surface area contributed by atoms with Crippen LogP contribution in [0.1, 0.15) is 58.9 Å². The van der Waals surface area contributed by atoms with Gasteiger partial charge in [0, 0.05) is 25.0 Å². The van der Waals surface area contributed by atoms with Crippen molar-refractivity contribution in [2.75, 3.05) is 0 Å². The number of allylic oxidation sites excluding steroid dienone is 1. The molecule has 0 saturated heterocycles. The van der Waals surface area contributed by atoms with E-state index in [0.29, 0.717) is 18.9 Å². The van der Waals surface area contributed by atoms with E-state index in [0.717, 1.165) is 19.4 Å². The molecule has 1 aliphatic rings. The quantitative estimate of drug-likeness (QED) is 0.571. The van der Waals surface area contributed by atoms with Gasteiger partial charge in [0.1, 0.15) is 5.54 Å². The Hall–Kier alpha value is -2.14. The minimum atomic E-state index is -0.891. The maximum Gasteiger partial charge on any atom is 0.246 e. The molecular formula is C23H35N3O2. The van der Waals surface area contributed by atoms with Gasteiger partial charge in [0.05, 0.1) is 0 Å². The number of hydrogen-bond acceptors (Lipinski definition) is 3. The molecule has 1 atom stereocenters. The molecule has 2 rings (SSSR count). The number of amides is 2. The molecule has 0 radical (unpaired) electrons. The predicted molar refractivity (Wildman–Crippen MR) is 114 cm³/mol. The molecule has 1 aromatic carbocycles. The van der Waals surface area contributed by atoms with Crippen LogP contribution in [0.25, 0.3) is 0 Å². The van der Waals surface area contributed by atoms with Gasteiger partial charge in [0.25, 0.3) is 0 Å². The van der Waals surface area contributed by atoms with Crippen molar-refractivity contribution in [1.29, 1.82) is 0 Å². The van der Waals surface area contributed by atoms with Gasteiger partial charge in [-0.05, 0) is 57.9 Å². The average Bonchev–Trinajstić information content (AvgIpc) is 2.56. The monoisotopic (exact) mass is 385 g/mol. The van der Waals surface area contributed by atoms with Crippen molar-refractivity contribution >= 4 is 11.8 Å². The Kier molecular flexibility index (Phi) is 7.41. The van der Waals surface area contributed by atoms with E-state index in [1.54, 1.807) is 0 Å². The molecule has 1 aliphatic carbocycles. The van der Waals surface area contributed by atoms with Gasteiger partial charge in [-0.25, -0.2) is 0 Å². The normalized spacial score (nSPS) is 21.1. The number of carbonyl (C=O) groups is 2. The summed E-state index contributed by atoms with van der Waals surface area (Å²) in [7, 11) is 0. The van der Waals surface area contributed by atoms with Crippen LogP contribution in [-0.2, 0) is 16.1 Å². The van der Waals surface area contributed by atoms with Crippen LogP contribution in [0.2, 0.25) is 0 Å². The van der Waals surface area contributed by atoms with E-state index in [2.05, 4.69) is 34.7 Å². The molecular weight excluding hydrogens is 350 g/mol. The van der Waals surface area contributed by atoms with E-state index in [4.69, 9.17) is 0 Å². The fourth-order valence-electron chi connectivity index (χ4n) is 3.87. The average molecular weight is 386 g/mol. The molecule has 0 aliphatic heterocycles. The lowest BCUT2D eigenvalue weighted by atomic mass is 9.65. The number of hydrogen-bond donors (Lipinski definition) is 3. The molecule has 0 aromatic heterocycles. The number of nitrogens with one attached hydrogen (secondary N) is 3. The minimum Gasteiger partial charge on any atom is -0.349 e. The van der Waals surface area contributed by atoms with Crippen molar-refractivity contribution in [3.8, 4) is 0 Å². The fourth-order valence-corrected chi connectivity index (χ4v) is 3.87. The lowest BCUT2D eigenvalue weighted by Crippen LogP contribution is -2.68. The van der Waals surface area contributed by atoms with Crippen LogP contribution >= 0.6 is 0 Å². The van der Waals surface area contributed by atoms with Crippen molar-refractivity contribution in [2.45, 2.75) is 77.0 Å². The highest BCUT2D eigenvalue weighted by atomic mass is 16.2. The standard InChI is InChI=1S/C23H35N3O2/c1-6-7-13-23(25-17(2)27,21(28)26-22(3,4)5)19-14-20(15-19)24-16-18-11-9-8-10-12-18/h6,8-12,19-20,24H,1,7,13-16H2,2-5H3,(H,25,27)(H,26,28). The predicted octanol–water partition coefficient (Wildman–Crippen LogP) is 3.31. The van der Waals surface area contributed by atoms with Crippen molar-refractivity contribution in [1.82, 2.24) is 16.0 Å². The van der Waals surface area contributed by atoms with Crippen LogP contribution in [0.3, 0.4) is 0 Å². The smallest absolute Gasteiger partial charge is 0.246 e. The van der Waals surface area contributed by atoms with Crippen LogP contribution in [-0.4, -0.2) is 28.9 Å². The van der Waals surface area contributed by atoms with Crippen LogP contribution < -0.4 is 16.0 Å². The van der Waals surface area contributed by atoms with E-state index < -0.39 is 5.54 Å². The highest BCUT2D eigenvalue weighted by Crippen LogP contribution is 2.40. The Morgan fingerprint density at radius 2 is 1.79 bits per heavy atom. The summed E-state index contributed by atoms with van der Waals surface area (Å²) in [5.41, 5.74) is -0.00161. The van der Waals surface area contributed by atoms with Gasteiger partial charge >= 0.3 is 0 Å². The van der Waals surface area contributed by atoms with E-state index in [1.807, 2.05) is 45.0 Å². The summed E-state index contributed by atoms with van der Waals surface area (Å²) in [6.07, 6.45) is 4.78. The zero-order valence-corrected chi connectivity index (χ0v) is 17.7. The maximum atomic E-state index is 13.3. The van der Waals surface area contributed by atoms with E-state index in [9.17, 15) is 9.59 Å². The minimum absolute atomic E-state index is 0.0939. The van der Waals surface area contributed by atoms with Crippen molar-refractivity contribution in [2.24, 2.45) is 5.92 Å².